The number of rotatable bonds is 36. The number of hydrogen-bond acceptors (Lipinski definition) is 9. The van der Waals surface area contributed by atoms with Crippen molar-refractivity contribution in [2.45, 2.75) is 161 Å². The summed E-state index contributed by atoms with van der Waals surface area (Å²) in [4.78, 5) is 34.7. The van der Waals surface area contributed by atoms with Crippen LogP contribution in [0.15, 0.2) is 60.8 Å². The highest BCUT2D eigenvalue weighted by atomic mass is 31.2. The third kappa shape index (κ3) is 36.0. The molecule has 52 heavy (non-hydrogen) atoms. The summed E-state index contributed by atoms with van der Waals surface area (Å²) in [5, 5.41) is 10.0. The fourth-order valence-electron chi connectivity index (χ4n) is 4.94. The van der Waals surface area contributed by atoms with E-state index in [4.69, 9.17) is 24.3 Å². The van der Waals surface area contributed by atoms with E-state index in [1.54, 1.807) is 6.08 Å². The number of esters is 2. The van der Waals surface area contributed by atoms with Gasteiger partial charge in [-0.25, -0.2) is 4.57 Å². The predicted molar refractivity (Wildman–Crippen MR) is 212 cm³/mol. The predicted octanol–water partition coefficient (Wildman–Crippen LogP) is 9.91. The van der Waals surface area contributed by atoms with Crippen LogP contribution in [0.3, 0.4) is 0 Å². The molecule has 0 rings (SSSR count). The van der Waals surface area contributed by atoms with Crippen molar-refractivity contribution in [3.8, 4) is 0 Å². The van der Waals surface area contributed by atoms with Gasteiger partial charge in [-0.3, -0.25) is 18.6 Å². The highest BCUT2D eigenvalue weighted by Gasteiger charge is 2.25. The second kappa shape index (κ2) is 37.0. The molecule has 300 valence electrons. The molecule has 0 aromatic carbocycles. The Morgan fingerprint density at radius 1 is 0.673 bits per heavy atom. The van der Waals surface area contributed by atoms with Gasteiger partial charge in [0.1, 0.15) is 6.61 Å². The lowest BCUT2D eigenvalue weighted by atomic mass is 10.1. The average Bonchev–Trinajstić information content (AvgIpc) is 3.12. The summed E-state index contributed by atoms with van der Waals surface area (Å²) < 4.78 is 32.6. The van der Waals surface area contributed by atoms with Crippen molar-refractivity contribution in [2.75, 3.05) is 26.4 Å². The van der Waals surface area contributed by atoms with Crippen molar-refractivity contribution in [3.05, 3.63) is 60.8 Å². The number of hydrogen-bond donors (Lipinski definition) is 3. The van der Waals surface area contributed by atoms with E-state index in [1.807, 2.05) is 36.5 Å². The molecule has 11 heteroatoms. The van der Waals surface area contributed by atoms with Gasteiger partial charge >= 0.3 is 19.8 Å². The highest BCUT2D eigenvalue weighted by Crippen LogP contribution is 2.43. The normalized spacial score (nSPS) is 14.6. The monoisotopic (exact) mass is 753 g/mol. The summed E-state index contributed by atoms with van der Waals surface area (Å²) in [6.45, 7) is 3.50. The number of ether oxygens (including phenoxy) is 2. The molecule has 0 bridgehead atoms. The van der Waals surface area contributed by atoms with Gasteiger partial charge in [0, 0.05) is 19.4 Å². The molecule has 1 unspecified atom stereocenters. The van der Waals surface area contributed by atoms with Crippen molar-refractivity contribution in [1.29, 1.82) is 0 Å². The topological polar surface area (TPSA) is 155 Å². The molecule has 3 atom stereocenters. The number of aliphatic hydroxyl groups excluding tert-OH is 1. The third-order valence-electron chi connectivity index (χ3n) is 7.96. The van der Waals surface area contributed by atoms with Gasteiger partial charge in [0.25, 0.3) is 0 Å². The second-order valence-electron chi connectivity index (χ2n) is 13.0. The lowest BCUT2D eigenvalue weighted by molar-refractivity contribution is -0.161. The van der Waals surface area contributed by atoms with Gasteiger partial charge in [-0.2, -0.15) is 0 Å². The number of phosphoric acid groups is 1. The number of carbonyl (C=O) groups is 2. The zero-order chi connectivity index (χ0) is 38.4. The van der Waals surface area contributed by atoms with Gasteiger partial charge in [-0.15, -0.1) is 0 Å². The molecule has 0 aromatic heterocycles. The minimum Gasteiger partial charge on any atom is -0.462 e. The Hall–Kier alpha value is -2.33. The Bertz CT molecular complexity index is 1060. The Morgan fingerprint density at radius 2 is 1.25 bits per heavy atom. The standard InChI is InChI=1S/C41H72NO9P/c1-3-5-7-9-11-12-13-14-15-16-21-25-29-33-41(45)51-39(37-50-52(46,47)49-35-34-42)36-48-40(44)32-28-24-20-18-17-19-23-27-31-38(43)30-26-22-10-8-6-4-2/h12-13,18-20,22-23,26-27,31,38-39,43H,3-11,14-17,21,24-25,28-30,32-37,42H2,1-2H3,(H,46,47)/b13-12-,20-18-,23-19-,26-22-,31-27+/t38-,39-/m1/s1. The van der Waals surface area contributed by atoms with Crippen LogP contribution in [0.1, 0.15) is 149 Å². The van der Waals surface area contributed by atoms with Crippen molar-refractivity contribution in [1.82, 2.24) is 0 Å². The lowest BCUT2D eigenvalue weighted by Crippen LogP contribution is -2.29. The van der Waals surface area contributed by atoms with E-state index in [-0.39, 0.29) is 32.6 Å². The maximum Gasteiger partial charge on any atom is 0.472 e. The average molecular weight is 754 g/mol. The Labute approximate surface area is 315 Å². The zero-order valence-corrected chi connectivity index (χ0v) is 33.3. The van der Waals surface area contributed by atoms with E-state index in [2.05, 4.69) is 32.1 Å². The van der Waals surface area contributed by atoms with E-state index < -0.39 is 38.6 Å². The number of aliphatic hydroxyl groups is 1. The SMILES string of the molecule is CCCCC/C=C\C[C@@H](O)/C=C/C=C\C/C=C\CCCC(=O)OC[C@H](COP(=O)(O)OCCN)OC(=O)CCCCCCC/C=C\CCCCCC. The second-order valence-corrected chi connectivity index (χ2v) is 14.4. The molecule has 0 aromatic rings. The molecule has 4 N–H and O–H groups in total. The summed E-state index contributed by atoms with van der Waals surface area (Å²) in [5.74, 6) is -0.950. The number of phosphoric ester groups is 1. The molecule has 0 aliphatic heterocycles. The van der Waals surface area contributed by atoms with Crippen LogP contribution in [0.2, 0.25) is 0 Å². The summed E-state index contributed by atoms with van der Waals surface area (Å²) >= 11 is 0. The number of unbranched alkanes of at least 4 members (excludes halogenated alkanes) is 13. The molecular formula is C41H72NO9P. The van der Waals surface area contributed by atoms with Crippen molar-refractivity contribution in [2.24, 2.45) is 5.73 Å². The first-order chi connectivity index (χ1) is 25.2. The minimum absolute atomic E-state index is 0.0333. The van der Waals surface area contributed by atoms with Crippen LogP contribution in [-0.2, 0) is 32.7 Å². The van der Waals surface area contributed by atoms with Gasteiger partial charge in [0.05, 0.1) is 19.3 Å². The van der Waals surface area contributed by atoms with Crippen LogP contribution in [0.25, 0.3) is 0 Å². The van der Waals surface area contributed by atoms with Gasteiger partial charge in [0.15, 0.2) is 6.10 Å². The van der Waals surface area contributed by atoms with Gasteiger partial charge in [-0.05, 0) is 70.6 Å². The first-order valence-corrected chi connectivity index (χ1v) is 21.4. The Balaban J connectivity index is 4.39. The minimum atomic E-state index is -4.40. The van der Waals surface area contributed by atoms with Gasteiger partial charge < -0.3 is 25.2 Å². The largest absolute Gasteiger partial charge is 0.472 e. The summed E-state index contributed by atoms with van der Waals surface area (Å²) in [7, 11) is -4.40. The first-order valence-electron chi connectivity index (χ1n) is 19.9. The van der Waals surface area contributed by atoms with Crippen LogP contribution in [0.5, 0.6) is 0 Å². The van der Waals surface area contributed by atoms with Gasteiger partial charge in [-0.1, -0.05) is 126 Å². The van der Waals surface area contributed by atoms with E-state index in [0.29, 0.717) is 25.7 Å². The lowest BCUT2D eigenvalue weighted by Gasteiger charge is -2.19. The van der Waals surface area contributed by atoms with Crippen molar-refractivity contribution >= 4 is 19.8 Å². The van der Waals surface area contributed by atoms with E-state index >= 15 is 0 Å². The summed E-state index contributed by atoms with van der Waals surface area (Å²) in [5.41, 5.74) is 5.32. The number of nitrogens with two attached hydrogens (primary N) is 1. The summed E-state index contributed by atoms with van der Waals surface area (Å²) in [6.07, 6.45) is 38.5. The quantitative estimate of drug-likeness (QED) is 0.0185. The molecular weight excluding hydrogens is 681 g/mol. The van der Waals surface area contributed by atoms with Crippen LogP contribution < -0.4 is 5.73 Å². The molecule has 0 aliphatic rings. The molecule has 0 heterocycles. The fraction of sp³-hybridized carbons (Fsp3) is 0.707. The van der Waals surface area contributed by atoms with Crippen LogP contribution in [0.4, 0.5) is 0 Å². The molecule has 10 nitrogen and oxygen atoms in total. The first kappa shape index (κ1) is 49.7. The van der Waals surface area contributed by atoms with Crippen LogP contribution in [-0.4, -0.2) is 60.5 Å². The molecule has 0 amide bonds. The molecule has 0 radical (unpaired) electrons. The van der Waals surface area contributed by atoms with Crippen LogP contribution >= 0.6 is 7.82 Å². The zero-order valence-electron chi connectivity index (χ0n) is 32.4. The smallest absolute Gasteiger partial charge is 0.462 e. The summed E-state index contributed by atoms with van der Waals surface area (Å²) in [6, 6.07) is 0. The Morgan fingerprint density at radius 3 is 1.96 bits per heavy atom. The van der Waals surface area contributed by atoms with Crippen molar-refractivity contribution < 1.29 is 42.7 Å². The molecule has 0 spiro atoms. The van der Waals surface area contributed by atoms with E-state index in [1.165, 1.54) is 44.9 Å². The third-order valence-corrected chi connectivity index (χ3v) is 8.94. The molecule has 0 aliphatic carbocycles. The van der Waals surface area contributed by atoms with Crippen LogP contribution in [0, 0.1) is 0 Å². The molecule has 0 saturated heterocycles. The number of allylic oxidation sites excluding steroid dienone is 8. The van der Waals surface area contributed by atoms with Gasteiger partial charge in [0.2, 0.25) is 0 Å². The number of carbonyl (C=O) groups excluding carboxylic acids is 2. The maximum atomic E-state index is 12.5. The van der Waals surface area contributed by atoms with E-state index in [0.717, 1.165) is 51.4 Å². The molecule has 0 saturated carbocycles. The maximum absolute atomic E-state index is 12.5. The van der Waals surface area contributed by atoms with E-state index in [9.17, 15) is 24.2 Å². The fourth-order valence-corrected chi connectivity index (χ4v) is 5.70. The highest BCUT2D eigenvalue weighted by molar-refractivity contribution is 7.47. The molecule has 0 fully saturated rings. The Kier molecular flexibility index (Phi) is 35.3. The van der Waals surface area contributed by atoms with Crippen molar-refractivity contribution in [3.63, 3.8) is 0 Å².